The van der Waals surface area contributed by atoms with Gasteiger partial charge in [0.15, 0.2) is 0 Å². The van der Waals surface area contributed by atoms with E-state index in [1.165, 1.54) is 19.4 Å². The molecule has 1 amide bonds. The normalized spacial score (nSPS) is 9.69. The highest BCUT2D eigenvalue weighted by Crippen LogP contribution is 2.06. The van der Waals surface area contributed by atoms with E-state index in [2.05, 4.69) is 15.0 Å². The third kappa shape index (κ3) is 3.01. The molecule has 1 aromatic rings. The van der Waals surface area contributed by atoms with Crippen LogP contribution in [0.15, 0.2) is 18.3 Å². The van der Waals surface area contributed by atoms with Gasteiger partial charge in [0.05, 0.1) is 0 Å². The lowest BCUT2D eigenvalue weighted by Gasteiger charge is -2.02. The molecule has 70 valence electrons. The molecule has 4 nitrogen and oxygen atoms in total. The molecule has 1 heterocycles. The van der Waals surface area contributed by atoms with Crippen LogP contribution in [-0.2, 0) is 4.74 Å². The zero-order valence-electron chi connectivity index (χ0n) is 7.08. The van der Waals surface area contributed by atoms with Crippen LogP contribution in [0.5, 0.6) is 0 Å². The summed E-state index contributed by atoms with van der Waals surface area (Å²) in [7, 11) is 1.50. The first-order valence-electron chi connectivity index (χ1n) is 3.62. The maximum absolute atomic E-state index is 11.3. The predicted octanol–water partition coefficient (Wildman–Crippen LogP) is 1.07. The van der Waals surface area contributed by atoms with Gasteiger partial charge in [0.1, 0.15) is 11.9 Å². The number of carbonyl (C=O) groups excluding carboxylic acids is 1. The van der Waals surface area contributed by atoms with E-state index >= 15 is 0 Å². The van der Waals surface area contributed by atoms with Crippen molar-refractivity contribution in [1.82, 2.24) is 10.3 Å². The number of amides is 1. The zero-order valence-corrected chi connectivity index (χ0v) is 7.84. The van der Waals surface area contributed by atoms with Crippen molar-refractivity contribution in [1.29, 1.82) is 0 Å². The Balaban J connectivity index is 2.66. The van der Waals surface area contributed by atoms with Crippen LogP contribution >= 0.6 is 11.6 Å². The van der Waals surface area contributed by atoms with Crippen molar-refractivity contribution in [3.8, 4) is 0 Å². The monoisotopic (exact) mass is 200 g/mol. The Morgan fingerprint density at radius 1 is 1.77 bits per heavy atom. The molecule has 0 unspecified atom stereocenters. The fourth-order valence-corrected chi connectivity index (χ4v) is 0.957. The van der Waals surface area contributed by atoms with E-state index in [1.54, 1.807) is 6.07 Å². The molecule has 0 aliphatic rings. The highest BCUT2D eigenvalue weighted by Gasteiger charge is 2.04. The molecule has 0 aromatic carbocycles. The van der Waals surface area contributed by atoms with Crippen LogP contribution in [0.25, 0.3) is 0 Å². The molecule has 5 heteroatoms. The molecule has 0 aliphatic heterocycles. The molecule has 0 bridgehead atoms. The highest BCUT2D eigenvalue weighted by atomic mass is 35.5. The number of ether oxygens (including phenoxy) is 1. The van der Waals surface area contributed by atoms with Crippen molar-refractivity contribution in [2.24, 2.45) is 0 Å². The van der Waals surface area contributed by atoms with E-state index in [4.69, 9.17) is 11.6 Å². The molecular weight excluding hydrogens is 192 g/mol. The van der Waals surface area contributed by atoms with Crippen molar-refractivity contribution in [2.75, 3.05) is 13.8 Å². The number of hydrogen-bond donors (Lipinski definition) is 1. The minimum Gasteiger partial charge on any atom is -0.364 e. The van der Waals surface area contributed by atoms with Crippen molar-refractivity contribution in [2.45, 2.75) is 0 Å². The molecule has 13 heavy (non-hydrogen) atoms. The van der Waals surface area contributed by atoms with Crippen LogP contribution in [0.2, 0.25) is 5.15 Å². The van der Waals surface area contributed by atoms with Gasteiger partial charge in [0, 0.05) is 18.9 Å². The van der Waals surface area contributed by atoms with Gasteiger partial charge < -0.3 is 10.1 Å². The van der Waals surface area contributed by atoms with Crippen LogP contribution < -0.4 is 5.32 Å². The smallest absolute Gasteiger partial charge is 0.253 e. The largest absolute Gasteiger partial charge is 0.364 e. The first kappa shape index (κ1) is 9.95. The van der Waals surface area contributed by atoms with Gasteiger partial charge >= 0.3 is 0 Å². The van der Waals surface area contributed by atoms with Crippen LogP contribution in [0.3, 0.4) is 0 Å². The second kappa shape index (κ2) is 4.79. The van der Waals surface area contributed by atoms with E-state index in [-0.39, 0.29) is 12.6 Å². The van der Waals surface area contributed by atoms with Crippen LogP contribution in [0, 0.1) is 0 Å². The van der Waals surface area contributed by atoms with Crippen molar-refractivity contribution < 1.29 is 9.53 Å². The summed E-state index contributed by atoms with van der Waals surface area (Å²) in [6.45, 7) is 0.179. The second-order valence-electron chi connectivity index (χ2n) is 2.31. The van der Waals surface area contributed by atoms with Crippen LogP contribution in [0.1, 0.15) is 10.4 Å². The SMILES string of the molecule is COCNC(=O)c1ccnc(Cl)c1. The van der Waals surface area contributed by atoms with E-state index in [9.17, 15) is 4.79 Å². The minimum atomic E-state index is -0.230. The van der Waals surface area contributed by atoms with Crippen LogP contribution in [-0.4, -0.2) is 24.7 Å². The topological polar surface area (TPSA) is 51.2 Å². The number of pyridine rings is 1. The summed E-state index contributed by atoms with van der Waals surface area (Å²) in [5.74, 6) is -0.230. The fourth-order valence-electron chi connectivity index (χ4n) is 0.783. The molecule has 0 fully saturated rings. The third-order valence-electron chi connectivity index (χ3n) is 1.37. The maximum Gasteiger partial charge on any atom is 0.253 e. The summed E-state index contributed by atoms with van der Waals surface area (Å²) < 4.78 is 4.68. The number of rotatable bonds is 3. The number of carbonyl (C=O) groups is 1. The Morgan fingerprint density at radius 2 is 2.54 bits per heavy atom. The standard InChI is InChI=1S/C8H9ClN2O2/c1-13-5-11-8(12)6-2-3-10-7(9)4-6/h2-4H,5H2,1H3,(H,11,12). The zero-order chi connectivity index (χ0) is 9.68. The Bertz CT molecular complexity index is 304. The number of hydrogen-bond acceptors (Lipinski definition) is 3. The first-order chi connectivity index (χ1) is 6.24. The third-order valence-corrected chi connectivity index (χ3v) is 1.57. The number of halogens is 1. The van der Waals surface area contributed by atoms with E-state index < -0.39 is 0 Å². The lowest BCUT2D eigenvalue weighted by molar-refractivity contribution is 0.0872. The number of aromatic nitrogens is 1. The fraction of sp³-hybridized carbons (Fsp3) is 0.250. The number of nitrogens with zero attached hydrogens (tertiary/aromatic N) is 1. The van der Waals surface area contributed by atoms with Gasteiger partial charge in [-0.15, -0.1) is 0 Å². The predicted molar refractivity (Wildman–Crippen MR) is 48.6 cm³/mol. The molecule has 0 saturated heterocycles. The Morgan fingerprint density at radius 3 is 3.15 bits per heavy atom. The molecule has 0 aliphatic carbocycles. The lowest BCUT2D eigenvalue weighted by atomic mass is 10.2. The molecular formula is C8H9ClN2O2. The molecule has 0 spiro atoms. The second-order valence-corrected chi connectivity index (χ2v) is 2.69. The average Bonchev–Trinajstić information content (AvgIpc) is 2.14. The maximum atomic E-state index is 11.3. The summed E-state index contributed by atoms with van der Waals surface area (Å²) in [5, 5.41) is 2.82. The molecule has 0 radical (unpaired) electrons. The van der Waals surface area contributed by atoms with Gasteiger partial charge in [-0.3, -0.25) is 4.79 Å². The minimum absolute atomic E-state index is 0.179. The average molecular weight is 201 g/mol. The highest BCUT2D eigenvalue weighted by molar-refractivity contribution is 6.29. The summed E-state index contributed by atoms with van der Waals surface area (Å²) in [4.78, 5) is 15.0. The van der Waals surface area contributed by atoms with E-state index in [0.29, 0.717) is 10.7 Å². The van der Waals surface area contributed by atoms with Gasteiger partial charge in [-0.05, 0) is 12.1 Å². The first-order valence-corrected chi connectivity index (χ1v) is 4.00. The van der Waals surface area contributed by atoms with E-state index in [0.717, 1.165) is 0 Å². The van der Waals surface area contributed by atoms with Gasteiger partial charge in [-0.25, -0.2) is 4.98 Å². The van der Waals surface area contributed by atoms with Crippen LogP contribution in [0.4, 0.5) is 0 Å². The van der Waals surface area contributed by atoms with Gasteiger partial charge in [-0.1, -0.05) is 11.6 Å². The molecule has 0 saturated carbocycles. The molecule has 1 N–H and O–H groups in total. The van der Waals surface area contributed by atoms with E-state index in [1.807, 2.05) is 0 Å². The Hall–Kier alpha value is -1.13. The molecule has 0 atom stereocenters. The summed E-state index contributed by atoms with van der Waals surface area (Å²) in [5.41, 5.74) is 0.469. The number of nitrogens with one attached hydrogen (secondary N) is 1. The quantitative estimate of drug-likeness (QED) is 0.587. The van der Waals surface area contributed by atoms with Gasteiger partial charge in [-0.2, -0.15) is 0 Å². The Labute approximate surface area is 80.9 Å². The molecule has 1 rings (SSSR count). The summed E-state index contributed by atoms with van der Waals surface area (Å²) >= 11 is 5.60. The van der Waals surface area contributed by atoms with Crippen molar-refractivity contribution in [3.63, 3.8) is 0 Å². The van der Waals surface area contributed by atoms with Crippen molar-refractivity contribution >= 4 is 17.5 Å². The van der Waals surface area contributed by atoms with Gasteiger partial charge in [0.25, 0.3) is 5.91 Å². The number of methoxy groups -OCH3 is 1. The lowest BCUT2D eigenvalue weighted by Crippen LogP contribution is -2.25. The van der Waals surface area contributed by atoms with Crippen molar-refractivity contribution in [3.05, 3.63) is 29.0 Å². The van der Waals surface area contributed by atoms with Gasteiger partial charge in [0.2, 0.25) is 0 Å². The molecule has 1 aromatic heterocycles. The Kier molecular flexibility index (Phi) is 3.67. The summed E-state index contributed by atoms with van der Waals surface area (Å²) in [6.07, 6.45) is 1.48. The summed E-state index contributed by atoms with van der Waals surface area (Å²) in [6, 6.07) is 3.07.